The fourth-order valence-electron chi connectivity index (χ4n) is 3.13. The average molecular weight is 440 g/mol. The van der Waals surface area contributed by atoms with Crippen LogP contribution in [0.1, 0.15) is 21.5 Å². The predicted octanol–water partition coefficient (Wildman–Crippen LogP) is 0.837. The summed E-state index contributed by atoms with van der Waals surface area (Å²) < 4.78 is 66.6. The molecular formula is C17H16N2O8S2. The summed E-state index contributed by atoms with van der Waals surface area (Å²) in [7, 11) is -10.7. The van der Waals surface area contributed by atoms with Gasteiger partial charge in [0.05, 0.1) is 0 Å². The number of nitrogens with one attached hydrogen (secondary N) is 1. The molecule has 0 bridgehead atoms. The lowest BCUT2D eigenvalue weighted by Crippen LogP contribution is -2.51. The van der Waals surface area contributed by atoms with Crippen molar-refractivity contribution in [2.75, 3.05) is 11.1 Å². The van der Waals surface area contributed by atoms with Crippen LogP contribution in [0.2, 0.25) is 0 Å². The number of nitrogen functional groups attached to an aromatic ring is 1. The summed E-state index contributed by atoms with van der Waals surface area (Å²) in [5, 5.41) is 10.8. The van der Waals surface area contributed by atoms with Crippen molar-refractivity contribution in [2.45, 2.75) is 10.2 Å². The number of amides is 1. The number of hydrogen-bond donors (Lipinski definition) is 5. The maximum absolute atomic E-state index is 12.5. The van der Waals surface area contributed by atoms with Gasteiger partial charge in [0.2, 0.25) is 4.93 Å². The average Bonchev–Trinajstić information content (AvgIpc) is 2.60. The first-order chi connectivity index (χ1) is 13.4. The van der Waals surface area contributed by atoms with E-state index in [2.05, 4.69) is 5.32 Å². The third kappa shape index (κ3) is 3.63. The van der Waals surface area contributed by atoms with E-state index in [9.17, 15) is 35.8 Å². The topological polar surface area (TPSA) is 184 Å². The monoisotopic (exact) mass is 440 g/mol. The number of nitrogens with two attached hydrogens (primary N) is 1. The summed E-state index contributed by atoms with van der Waals surface area (Å²) in [5.74, 6) is -0.735. The molecule has 2 aromatic carbocycles. The zero-order valence-electron chi connectivity index (χ0n) is 14.6. The summed E-state index contributed by atoms with van der Waals surface area (Å²) in [4.78, 5) is 9.08. The van der Waals surface area contributed by atoms with Gasteiger partial charge in [0.1, 0.15) is 0 Å². The molecule has 1 aliphatic rings. The third-order valence-corrected chi connectivity index (χ3v) is 6.94. The molecule has 0 spiro atoms. The number of carbonyl (C=O) groups is 1. The Morgan fingerprint density at radius 3 is 2.31 bits per heavy atom. The van der Waals surface area contributed by atoms with Crippen LogP contribution >= 0.6 is 0 Å². The van der Waals surface area contributed by atoms with Crippen molar-refractivity contribution in [3.8, 4) is 0 Å². The van der Waals surface area contributed by atoms with Crippen LogP contribution < -0.4 is 11.1 Å². The van der Waals surface area contributed by atoms with Crippen LogP contribution in [0.4, 0.5) is 11.4 Å². The second kappa shape index (κ2) is 6.93. The van der Waals surface area contributed by atoms with Crippen molar-refractivity contribution < 1.29 is 35.8 Å². The minimum absolute atomic E-state index is 0.00963. The molecule has 2 aromatic rings. The van der Waals surface area contributed by atoms with Crippen LogP contribution in [0.5, 0.6) is 0 Å². The first kappa shape index (κ1) is 21.0. The highest BCUT2D eigenvalue weighted by atomic mass is 32.2. The molecule has 6 N–H and O–H groups in total. The first-order valence-corrected chi connectivity index (χ1v) is 10.9. The molecule has 1 amide bonds. The van der Waals surface area contributed by atoms with E-state index in [1.807, 2.05) is 0 Å². The van der Waals surface area contributed by atoms with Crippen molar-refractivity contribution in [2.24, 2.45) is 0 Å². The molecule has 0 saturated carbocycles. The van der Waals surface area contributed by atoms with Crippen molar-refractivity contribution in [1.29, 1.82) is 0 Å². The lowest BCUT2D eigenvalue weighted by Gasteiger charge is -2.35. The normalized spacial score (nSPS) is 21.4. The SMILES string of the molecule is Nc1cccc(C(=O)Nc2cccc3c2C(O)(S(=O)(=O)O)C(S(=O)(=O)O)C=C3)c1. The van der Waals surface area contributed by atoms with Gasteiger partial charge in [0.15, 0.2) is 5.25 Å². The van der Waals surface area contributed by atoms with Crippen LogP contribution in [0.25, 0.3) is 6.08 Å². The highest BCUT2D eigenvalue weighted by Gasteiger charge is 2.57. The van der Waals surface area contributed by atoms with Gasteiger partial charge in [-0.05, 0) is 29.8 Å². The molecule has 29 heavy (non-hydrogen) atoms. The van der Waals surface area contributed by atoms with E-state index in [1.54, 1.807) is 6.07 Å². The molecule has 154 valence electrons. The van der Waals surface area contributed by atoms with Gasteiger partial charge >= 0.3 is 10.1 Å². The van der Waals surface area contributed by atoms with Crippen molar-refractivity contribution in [3.05, 3.63) is 65.2 Å². The molecule has 0 fully saturated rings. The summed E-state index contributed by atoms with van der Waals surface area (Å²) in [6.45, 7) is 0. The highest BCUT2D eigenvalue weighted by molar-refractivity contribution is 7.90. The van der Waals surface area contributed by atoms with Crippen LogP contribution in [0.15, 0.2) is 48.5 Å². The van der Waals surface area contributed by atoms with E-state index in [0.717, 1.165) is 12.2 Å². The molecule has 0 saturated heterocycles. The Balaban J connectivity index is 2.20. The lowest BCUT2D eigenvalue weighted by atomic mass is 9.92. The van der Waals surface area contributed by atoms with Gasteiger partial charge in [0, 0.05) is 22.5 Å². The van der Waals surface area contributed by atoms with E-state index in [4.69, 9.17) is 5.73 Å². The Labute approximate surface area is 166 Å². The second-order valence-corrected chi connectivity index (χ2v) is 9.43. The zero-order chi connectivity index (χ0) is 21.6. The number of rotatable bonds is 4. The minimum Gasteiger partial charge on any atom is -0.399 e. The molecule has 10 nitrogen and oxygen atoms in total. The Morgan fingerprint density at radius 2 is 1.72 bits per heavy atom. The lowest BCUT2D eigenvalue weighted by molar-refractivity contribution is 0.102. The van der Waals surface area contributed by atoms with Gasteiger partial charge in [-0.25, -0.2) is 0 Å². The van der Waals surface area contributed by atoms with Gasteiger partial charge in [-0.15, -0.1) is 0 Å². The largest absolute Gasteiger partial charge is 0.399 e. The molecule has 2 atom stereocenters. The van der Waals surface area contributed by atoms with Gasteiger partial charge < -0.3 is 16.2 Å². The van der Waals surface area contributed by atoms with Crippen LogP contribution in [-0.4, -0.2) is 42.2 Å². The molecule has 3 rings (SSSR count). The maximum atomic E-state index is 12.5. The smallest absolute Gasteiger partial charge is 0.301 e. The summed E-state index contributed by atoms with van der Waals surface area (Å²) in [6, 6.07) is 9.78. The highest BCUT2D eigenvalue weighted by Crippen LogP contribution is 2.44. The van der Waals surface area contributed by atoms with Gasteiger partial charge in [-0.2, -0.15) is 16.8 Å². The van der Waals surface area contributed by atoms with E-state index < -0.39 is 41.9 Å². The summed E-state index contributed by atoms with van der Waals surface area (Å²) in [5.41, 5.74) is 5.15. The second-order valence-electron chi connectivity index (χ2n) is 6.32. The Kier molecular flexibility index (Phi) is 5.01. The molecule has 0 heterocycles. The number of fused-ring (bicyclic) bond motifs is 1. The van der Waals surface area contributed by atoms with Crippen LogP contribution in [-0.2, 0) is 25.2 Å². The number of anilines is 2. The Morgan fingerprint density at radius 1 is 1.07 bits per heavy atom. The van der Waals surface area contributed by atoms with Crippen molar-refractivity contribution in [3.63, 3.8) is 0 Å². The van der Waals surface area contributed by atoms with Crippen molar-refractivity contribution >= 4 is 43.6 Å². The molecule has 12 heteroatoms. The maximum Gasteiger partial charge on any atom is 0.301 e. The molecule has 1 aliphatic carbocycles. The van der Waals surface area contributed by atoms with E-state index >= 15 is 0 Å². The summed E-state index contributed by atoms with van der Waals surface area (Å²) in [6.07, 6.45) is 1.87. The van der Waals surface area contributed by atoms with Crippen molar-refractivity contribution in [1.82, 2.24) is 0 Å². The van der Waals surface area contributed by atoms with Gasteiger partial charge in [-0.1, -0.05) is 30.4 Å². The fraction of sp³-hybridized carbons (Fsp3) is 0.118. The quantitative estimate of drug-likeness (QED) is 0.339. The summed E-state index contributed by atoms with van der Waals surface area (Å²) >= 11 is 0. The first-order valence-electron chi connectivity index (χ1n) is 8.00. The zero-order valence-corrected chi connectivity index (χ0v) is 16.2. The predicted molar refractivity (Wildman–Crippen MR) is 105 cm³/mol. The number of benzene rings is 2. The number of hydrogen-bond acceptors (Lipinski definition) is 7. The standard InChI is InChI=1S/C17H16N2O8S2/c18-12-5-1-4-11(9-12)16(20)19-13-6-2-3-10-7-8-14(28(22,23)24)17(21,15(10)13)29(25,26)27/h1-9,14,21H,18H2,(H,19,20)(H,22,23,24)(H,25,26,27). The van der Waals surface area contributed by atoms with Crippen LogP contribution in [0, 0.1) is 0 Å². The number of carbonyl (C=O) groups excluding carboxylic acids is 1. The van der Waals surface area contributed by atoms with Crippen LogP contribution in [0.3, 0.4) is 0 Å². The van der Waals surface area contributed by atoms with E-state index in [0.29, 0.717) is 0 Å². The molecule has 2 unspecified atom stereocenters. The Bertz CT molecular complexity index is 1240. The third-order valence-electron chi connectivity index (χ3n) is 4.40. The minimum atomic E-state index is -5.51. The Hall–Kier alpha value is -2.77. The molecular weight excluding hydrogens is 424 g/mol. The molecule has 0 aromatic heterocycles. The fourth-order valence-corrected chi connectivity index (χ4v) is 5.51. The molecule has 0 aliphatic heterocycles. The molecule has 0 radical (unpaired) electrons. The van der Waals surface area contributed by atoms with E-state index in [-0.39, 0.29) is 22.5 Å². The van der Waals surface area contributed by atoms with Gasteiger partial charge in [-0.3, -0.25) is 13.9 Å². The van der Waals surface area contributed by atoms with E-state index in [1.165, 1.54) is 36.4 Å². The number of aliphatic hydroxyl groups is 1. The van der Waals surface area contributed by atoms with Gasteiger partial charge in [0.25, 0.3) is 16.0 Å².